The van der Waals surface area contributed by atoms with Crippen LogP contribution in [0.3, 0.4) is 0 Å². The molecule has 1 saturated heterocycles. The lowest BCUT2D eigenvalue weighted by molar-refractivity contribution is -0.138. The van der Waals surface area contributed by atoms with Crippen LogP contribution in [0.1, 0.15) is 6.92 Å². The Balaban J connectivity index is 1.99. The van der Waals surface area contributed by atoms with Crippen molar-refractivity contribution in [3.8, 4) is 5.75 Å². The smallest absolute Gasteiger partial charge is 0.263 e. The number of ether oxygens (including phenoxy) is 1. The number of piperazine rings is 1. The third-order valence-electron chi connectivity index (χ3n) is 2.93. The molecular formula is C13H16F2N2O2. The fraction of sp³-hybridized carbons (Fsp3) is 0.462. The molecule has 1 aromatic carbocycles. The summed E-state index contributed by atoms with van der Waals surface area (Å²) >= 11 is 0. The van der Waals surface area contributed by atoms with Gasteiger partial charge in [0.1, 0.15) is 17.4 Å². The fourth-order valence-corrected chi connectivity index (χ4v) is 1.99. The largest absolute Gasteiger partial charge is 0.481 e. The van der Waals surface area contributed by atoms with Crippen molar-refractivity contribution >= 4 is 5.91 Å². The van der Waals surface area contributed by atoms with Crippen LogP contribution in [-0.2, 0) is 4.79 Å². The molecule has 1 aromatic rings. The van der Waals surface area contributed by atoms with Gasteiger partial charge in [0.25, 0.3) is 5.91 Å². The second-order valence-corrected chi connectivity index (χ2v) is 4.44. The Hall–Kier alpha value is -1.69. The van der Waals surface area contributed by atoms with E-state index in [1.165, 1.54) is 0 Å². The summed E-state index contributed by atoms with van der Waals surface area (Å²) in [5.74, 6) is -1.60. The number of rotatable bonds is 3. The van der Waals surface area contributed by atoms with Crippen molar-refractivity contribution in [3.63, 3.8) is 0 Å². The quantitative estimate of drug-likeness (QED) is 0.896. The first-order valence-electron chi connectivity index (χ1n) is 6.18. The van der Waals surface area contributed by atoms with E-state index in [2.05, 4.69) is 5.32 Å². The van der Waals surface area contributed by atoms with Gasteiger partial charge in [0.15, 0.2) is 6.10 Å². The van der Waals surface area contributed by atoms with E-state index in [4.69, 9.17) is 4.74 Å². The van der Waals surface area contributed by atoms with Gasteiger partial charge in [-0.3, -0.25) is 4.79 Å². The van der Waals surface area contributed by atoms with E-state index in [0.717, 1.165) is 31.3 Å². The minimum absolute atomic E-state index is 0.0217. The van der Waals surface area contributed by atoms with Crippen molar-refractivity contribution in [2.24, 2.45) is 0 Å². The minimum atomic E-state index is -0.765. The van der Waals surface area contributed by atoms with E-state index in [1.54, 1.807) is 11.8 Å². The van der Waals surface area contributed by atoms with E-state index in [1.807, 2.05) is 0 Å². The van der Waals surface area contributed by atoms with E-state index in [-0.39, 0.29) is 11.7 Å². The van der Waals surface area contributed by atoms with E-state index < -0.39 is 17.7 Å². The standard InChI is InChI=1S/C13H16F2N2O2/c1-9(13(18)17-4-2-16-3-5-17)19-12-7-10(14)6-11(15)8-12/h6-9,16H,2-5H2,1H3. The van der Waals surface area contributed by atoms with Crippen LogP contribution < -0.4 is 10.1 Å². The Morgan fingerprint density at radius 1 is 1.26 bits per heavy atom. The molecule has 6 heteroatoms. The molecule has 0 saturated carbocycles. The highest BCUT2D eigenvalue weighted by Gasteiger charge is 2.23. The van der Waals surface area contributed by atoms with Gasteiger partial charge in [-0.05, 0) is 6.92 Å². The zero-order chi connectivity index (χ0) is 13.8. The lowest BCUT2D eigenvalue weighted by atomic mass is 10.2. The fourth-order valence-electron chi connectivity index (χ4n) is 1.99. The summed E-state index contributed by atoms with van der Waals surface area (Å²) in [7, 11) is 0. The second kappa shape index (κ2) is 5.97. The predicted octanol–water partition coefficient (Wildman–Crippen LogP) is 1.16. The van der Waals surface area contributed by atoms with Crippen LogP contribution in [0.5, 0.6) is 5.75 Å². The van der Waals surface area contributed by atoms with Gasteiger partial charge in [0.2, 0.25) is 0 Å². The topological polar surface area (TPSA) is 41.6 Å². The molecule has 104 valence electrons. The first kappa shape index (κ1) is 13.7. The molecule has 1 fully saturated rings. The van der Waals surface area contributed by atoms with E-state index in [0.29, 0.717) is 13.1 Å². The highest BCUT2D eigenvalue weighted by molar-refractivity contribution is 5.81. The number of nitrogens with zero attached hydrogens (tertiary/aromatic N) is 1. The zero-order valence-electron chi connectivity index (χ0n) is 10.7. The van der Waals surface area contributed by atoms with Crippen molar-refractivity contribution in [3.05, 3.63) is 29.8 Å². The molecule has 19 heavy (non-hydrogen) atoms. The highest BCUT2D eigenvalue weighted by Crippen LogP contribution is 2.17. The molecule has 1 atom stereocenters. The van der Waals surface area contributed by atoms with E-state index >= 15 is 0 Å². The number of carbonyl (C=O) groups is 1. The molecule has 1 aliphatic rings. The Morgan fingerprint density at radius 2 is 1.84 bits per heavy atom. The summed E-state index contributed by atoms with van der Waals surface area (Å²) in [6.07, 6.45) is -0.765. The van der Waals surface area contributed by atoms with Crippen molar-refractivity contribution in [1.82, 2.24) is 10.2 Å². The SMILES string of the molecule is CC(Oc1cc(F)cc(F)c1)C(=O)N1CCNCC1. The van der Waals surface area contributed by atoms with Crippen LogP contribution in [0.25, 0.3) is 0 Å². The maximum Gasteiger partial charge on any atom is 0.263 e. The van der Waals surface area contributed by atoms with Gasteiger partial charge in [-0.25, -0.2) is 8.78 Å². The first-order chi connectivity index (χ1) is 9.06. The molecule has 0 aromatic heterocycles. The third kappa shape index (κ3) is 3.64. The normalized spacial score (nSPS) is 17.1. The van der Waals surface area contributed by atoms with Gasteiger partial charge < -0.3 is 15.0 Å². The van der Waals surface area contributed by atoms with Crippen molar-refractivity contribution in [2.45, 2.75) is 13.0 Å². The van der Waals surface area contributed by atoms with Gasteiger partial charge in [0.05, 0.1) is 0 Å². The molecule has 1 amide bonds. The highest BCUT2D eigenvalue weighted by atomic mass is 19.1. The average molecular weight is 270 g/mol. The van der Waals surface area contributed by atoms with Crippen molar-refractivity contribution < 1.29 is 18.3 Å². The van der Waals surface area contributed by atoms with Crippen molar-refractivity contribution in [2.75, 3.05) is 26.2 Å². The van der Waals surface area contributed by atoms with Crippen LogP contribution >= 0.6 is 0 Å². The monoisotopic (exact) mass is 270 g/mol. The molecular weight excluding hydrogens is 254 g/mol. The molecule has 0 bridgehead atoms. The van der Waals surface area contributed by atoms with Crippen LogP contribution in [0.15, 0.2) is 18.2 Å². The first-order valence-corrected chi connectivity index (χ1v) is 6.18. The predicted molar refractivity (Wildman–Crippen MR) is 65.9 cm³/mol. The van der Waals surface area contributed by atoms with Gasteiger partial charge in [-0.15, -0.1) is 0 Å². The Labute approximate surface area is 110 Å². The van der Waals surface area contributed by atoms with Crippen LogP contribution in [-0.4, -0.2) is 43.1 Å². The number of hydrogen-bond donors (Lipinski definition) is 1. The maximum absolute atomic E-state index is 13.0. The molecule has 1 unspecified atom stereocenters. The zero-order valence-corrected chi connectivity index (χ0v) is 10.7. The molecule has 2 rings (SSSR count). The van der Waals surface area contributed by atoms with Gasteiger partial charge in [0, 0.05) is 44.4 Å². The molecule has 0 aliphatic carbocycles. The summed E-state index contributed by atoms with van der Waals surface area (Å²) in [5.41, 5.74) is 0. The number of benzene rings is 1. The lowest BCUT2D eigenvalue weighted by Crippen LogP contribution is -2.50. The van der Waals surface area contributed by atoms with Crippen LogP contribution in [0.4, 0.5) is 8.78 Å². The molecule has 1 aliphatic heterocycles. The summed E-state index contributed by atoms with van der Waals surface area (Å²) < 4.78 is 31.3. The molecule has 0 spiro atoms. The van der Waals surface area contributed by atoms with Gasteiger partial charge in [-0.2, -0.15) is 0 Å². The number of halogens is 2. The average Bonchev–Trinajstić information content (AvgIpc) is 2.37. The number of carbonyl (C=O) groups excluding carboxylic acids is 1. The number of amides is 1. The summed E-state index contributed by atoms with van der Waals surface area (Å²) in [5, 5.41) is 3.14. The summed E-state index contributed by atoms with van der Waals surface area (Å²) in [4.78, 5) is 13.7. The third-order valence-corrected chi connectivity index (χ3v) is 2.93. The molecule has 1 N–H and O–H groups in total. The van der Waals surface area contributed by atoms with Crippen LogP contribution in [0.2, 0.25) is 0 Å². The Morgan fingerprint density at radius 3 is 2.42 bits per heavy atom. The minimum Gasteiger partial charge on any atom is -0.481 e. The Bertz CT molecular complexity index is 442. The summed E-state index contributed by atoms with van der Waals surface area (Å²) in [6, 6.07) is 2.88. The van der Waals surface area contributed by atoms with Gasteiger partial charge in [-0.1, -0.05) is 0 Å². The number of hydrogen-bond acceptors (Lipinski definition) is 3. The number of nitrogens with one attached hydrogen (secondary N) is 1. The molecule has 1 heterocycles. The summed E-state index contributed by atoms with van der Waals surface area (Å²) in [6.45, 7) is 4.29. The molecule has 0 radical (unpaired) electrons. The lowest BCUT2D eigenvalue weighted by Gasteiger charge is -2.29. The second-order valence-electron chi connectivity index (χ2n) is 4.44. The maximum atomic E-state index is 13.0. The Kier molecular flexibility index (Phi) is 4.31. The van der Waals surface area contributed by atoms with E-state index in [9.17, 15) is 13.6 Å². The van der Waals surface area contributed by atoms with Gasteiger partial charge >= 0.3 is 0 Å². The van der Waals surface area contributed by atoms with Crippen LogP contribution in [0, 0.1) is 11.6 Å². The van der Waals surface area contributed by atoms with Crippen molar-refractivity contribution in [1.29, 1.82) is 0 Å². The molecule has 4 nitrogen and oxygen atoms in total.